The Morgan fingerprint density at radius 1 is 1.50 bits per heavy atom. The van der Waals surface area contributed by atoms with Crippen molar-refractivity contribution in [1.29, 1.82) is 0 Å². The standard InChI is InChI=1S/C12H15N3O/c16-12-11-3-5-14-6-9(11)8-15(12)10-2-1-4-13-7-10/h3,5-6,10,13H,1-2,4,7-8H2/t10-/m0/s1. The van der Waals surface area contributed by atoms with Crippen LogP contribution in [0, 0.1) is 0 Å². The summed E-state index contributed by atoms with van der Waals surface area (Å²) in [6.07, 6.45) is 5.77. The third kappa shape index (κ3) is 1.50. The summed E-state index contributed by atoms with van der Waals surface area (Å²) in [5, 5.41) is 3.35. The number of nitrogens with one attached hydrogen (secondary N) is 1. The molecule has 0 aromatic carbocycles. The van der Waals surface area contributed by atoms with Crippen LogP contribution in [0.15, 0.2) is 18.5 Å². The van der Waals surface area contributed by atoms with E-state index in [1.165, 1.54) is 0 Å². The van der Waals surface area contributed by atoms with Gasteiger partial charge in [-0.25, -0.2) is 0 Å². The molecule has 2 aliphatic heterocycles. The number of hydrogen-bond acceptors (Lipinski definition) is 3. The largest absolute Gasteiger partial charge is 0.330 e. The van der Waals surface area contributed by atoms with Gasteiger partial charge < -0.3 is 10.2 Å². The summed E-state index contributed by atoms with van der Waals surface area (Å²) in [4.78, 5) is 18.2. The van der Waals surface area contributed by atoms with Crippen LogP contribution in [0.4, 0.5) is 0 Å². The Morgan fingerprint density at radius 3 is 3.19 bits per heavy atom. The molecule has 84 valence electrons. The van der Waals surface area contributed by atoms with E-state index in [0.29, 0.717) is 6.04 Å². The first-order valence-corrected chi connectivity index (χ1v) is 5.81. The third-order valence-electron chi connectivity index (χ3n) is 3.45. The van der Waals surface area contributed by atoms with Crippen LogP contribution in [-0.2, 0) is 6.54 Å². The van der Waals surface area contributed by atoms with Crippen molar-refractivity contribution in [1.82, 2.24) is 15.2 Å². The number of carbonyl (C=O) groups is 1. The Kier molecular flexibility index (Phi) is 2.36. The van der Waals surface area contributed by atoms with Gasteiger partial charge in [-0.15, -0.1) is 0 Å². The minimum absolute atomic E-state index is 0.172. The zero-order valence-electron chi connectivity index (χ0n) is 9.15. The lowest BCUT2D eigenvalue weighted by Crippen LogP contribution is -2.46. The van der Waals surface area contributed by atoms with E-state index in [1.807, 2.05) is 17.2 Å². The fourth-order valence-corrected chi connectivity index (χ4v) is 2.57. The van der Waals surface area contributed by atoms with Gasteiger partial charge in [-0.1, -0.05) is 0 Å². The molecule has 0 saturated carbocycles. The van der Waals surface area contributed by atoms with E-state index in [1.54, 1.807) is 6.20 Å². The summed E-state index contributed by atoms with van der Waals surface area (Å²) in [7, 11) is 0. The Balaban J connectivity index is 1.83. The Hall–Kier alpha value is -1.42. The van der Waals surface area contributed by atoms with E-state index in [4.69, 9.17) is 0 Å². The highest BCUT2D eigenvalue weighted by atomic mass is 16.2. The molecule has 0 bridgehead atoms. The highest BCUT2D eigenvalue weighted by Crippen LogP contribution is 2.25. The summed E-state index contributed by atoms with van der Waals surface area (Å²) in [6, 6.07) is 2.18. The van der Waals surface area contributed by atoms with Crippen molar-refractivity contribution in [3.05, 3.63) is 29.6 Å². The van der Waals surface area contributed by atoms with Gasteiger partial charge in [-0.2, -0.15) is 0 Å². The molecule has 1 aromatic heterocycles. The number of nitrogens with zero attached hydrogens (tertiary/aromatic N) is 2. The van der Waals surface area contributed by atoms with Crippen molar-refractivity contribution in [3.8, 4) is 0 Å². The van der Waals surface area contributed by atoms with E-state index >= 15 is 0 Å². The molecule has 2 aliphatic rings. The van der Waals surface area contributed by atoms with Gasteiger partial charge in [-0.3, -0.25) is 9.78 Å². The molecule has 16 heavy (non-hydrogen) atoms. The quantitative estimate of drug-likeness (QED) is 0.756. The number of piperidine rings is 1. The zero-order chi connectivity index (χ0) is 11.0. The number of pyridine rings is 1. The van der Waals surface area contributed by atoms with Crippen LogP contribution in [0.5, 0.6) is 0 Å². The van der Waals surface area contributed by atoms with Gasteiger partial charge in [0.25, 0.3) is 5.91 Å². The lowest BCUT2D eigenvalue weighted by atomic mass is 10.1. The summed E-state index contributed by atoms with van der Waals surface area (Å²) >= 11 is 0. The number of rotatable bonds is 1. The molecular weight excluding hydrogens is 202 g/mol. The Bertz CT molecular complexity index is 412. The summed E-state index contributed by atoms with van der Waals surface area (Å²) < 4.78 is 0. The highest BCUT2D eigenvalue weighted by molar-refractivity contribution is 5.98. The van der Waals surface area contributed by atoms with Crippen LogP contribution < -0.4 is 5.32 Å². The Morgan fingerprint density at radius 2 is 2.44 bits per heavy atom. The van der Waals surface area contributed by atoms with E-state index in [0.717, 1.165) is 43.6 Å². The van der Waals surface area contributed by atoms with Crippen LogP contribution >= 0.6 is 0 Å². The number of carbonyl (C=O) groups excluding carboxylic acids is 1. The average Bonchev–Trinajstić information content (AvgIpc) is 2.69. The molecule has 0 unspecified atom stereocenters. The minimum Gasteiger partial charge on any atom is -0.330 e. The zero-order valence-corrected chi connectivity index (χ0v) is 9.15. The van der Waals surface area contributed by atoms with Gasteiger partial charge in [0, 0.05) is 42.7 Å². The normalized spacial score (nSPS) is 24.6. The predicted octanol–water partition coefficient (Wildman–Crippen LogP) is 0.789. The first-order valence-electron chi connectivity index (χ1n) is 5.81. The summed E-state index contributed by atoms with van der Waals surface area (Å²) in [5.74, 6) is 0.172. The molecule has 0 spiro atoms. The second-order valence-electron chi connectivity index (χ2n) is 4.47. The number of aromatic nitrogens is 1. The van der Waals surface area contributed by atoms with Crippen LogP contribution in [0.2, 0.25) is 0 Å². The highest BCUT2D eigenvalue weighted by Gasteiger charge is 2.32. The second-order valence-corrected chi connectivity index (χ2v) is 4.47. The van der Waals surface area contributed by atoms with Crippen LogP contribution in [-0.4, -0.2) is 34.9 Å². The number of fused-ring (bicyclic) bond motifs is 1. The van der Waals surface area contributed by atoms with Crippen LogP contribution in [0.3, 0.4) is 0 Å². The molecule has 1 saturated heterocycles. The summed E-state index contributed by atoms with van der Waals surface area (Å²) in [6.45, 7) is 2.73. The van der Waals surface area contributed by atoms with Gasteiger partial charge in [0.2, 0.25) is 0 Å². The molecule has 1 N–H and O–H groups in total. The monoisotopic (exact) mass is 217 g/mol. The fourth-order valence-electron chi connectivity index (χ4n) is 2.57. The SMILES string of the molecule is O=C1c2ccncc2CN1[C@H]1CCCNC1. The molecular formula is C12H15N3O. The van der Waals surface area contributed by atoms with Gasteiger partial charge in [-0.05, 0) is 25.5 Å². The van der Waals surface area contributed by atoms with Crippen molar-refractivity contribution in [3.63, 3.8) is 0 Å². The van der Waals surface area contributed by atoms with Gasteiger partial charge >= 0.3 is 0 Å². The molecule has 3 rings (SSSR count). The van der Waals surface area contributed by atoms with Crippen LogP contribution in [0.1, 0.15) is 28.8 Å². The van der Waals surface area contributed by atoms with Crippen molar-refractivity contribution < 1.29 is 4.79 Å². The predicted molar refractivity (Wildman–Crippen MR) is 60.0 cm³/mol. The molecule has 1 amide bonds. The molecule has 1 fully saturated rings. The lowest BCUT2D eigenvalue weighted by molar-refractivity contribution is 0.0674. The van der Waals surface area contributed by atoms with Gasteiger partial charge in [0.1, 0.15) is 0 Å². The molecule has 4 heteroatoms. The molecule has 4 nitrogen and oxygen atoms in total. The van der Waals surface area contributed by atoms with E-state index < -0.39 is 0 Å². The van der Waals surface area contributed by atoms with Crippen molar-refractivity contribution in [2.75, 3.05) is 13.1 Å². The summed E-state index contributed by atoms with van der Waals surface area (Å²) in [5.41, 5.74) is 1.90. The Labute approximate surface area is 94.7 Å². The lowest BCUT2D eigenvalue weighted by Gasteiger charge is -2.31. The third-order valence-corrected chi connectivity index (χ3v) is 3.45. The maximum Gasteiger partial charge on any atom is 0.254 e. The first kappa shape index (κ1) is 9.78. The van der Waals surface area contributed by atoms with E-state index in [-0.39, 0.29) is 5.91 Å². The maximum absolute atomic E-state index is 12.2. The van der Waals surface area contributed by atoms with Crippen molar-refractivity contribution in [2.24, 2.45) is 0 Å². The van der Waals surface area contributed by atoms with E-state index in [9.17, 15) is 4.79 Å². The molecule has 0 aliphatic carbocycles. The number of amides is 1. The van der Waals surface area contributed by atoms with Gasteiger partial charge in [0.05, 0.1) is 0 Å². The minimum atomic E-state index is 0.172. The molecule has 1 atom stereocenters. The molecule has 0 radical (unpaired) electrons. The maximum atomic E-state index is 12.2. The fraction of sp³-hybridized carbons (Fsp3) is 0.500. The van der Waals surface area contributed by atoms with Crippen molar-refractivity contribution in [2.45, 2.75) is 25.4 Å². The average molecular weight is 217 g/mol. The molecule has 3 heterocycles. The van der Waals surface area contributed by atoms with E-state index in [2.05, 4.69) is 10.3 Å². The first-order chi connectivity index (χ1) is 7.86. The van der Waals surface area contributed by atoms with Crippen molar-refractivity contribution >= 4 is 5.91 Å². The number of hydrogen-bond donors (Lipinski definition) is 1. The molecule has 1 aromatic rings. The van der Waals surface area contributed by atoms with Crippen LogP contribution in [0.25, 0.3) is 0 Å². The smallest absolute Gasteiger partial charge is 0.254 e. The van der Waals surface area contributed by atoms with Gasteiger partial charge in [0.15, 0.2) is 0 Å². The second kappa shape index (κ2) is 3.87. The topological polar surface area (TPSA) is 45.2 Å².